The van der Waals surface area contributed by atoms with Gasteiger partial charge in [0.15, 0.2) is 15.0 Å². The molecule has 170 valence electrons. The van der Waals surface area contributed by atoms with Gasteiger partial charge < -0.3 is 9.32 Å². The quantitative estimate of drug-likeness (QED) is 0.294. The predicted molar refractivity (Wildman–Crippen MR) is 120 cm³/mol. The lowest BCUT2D eigenvalue weighted by Gasteiger charge is -2.15. The summed E-state index contributed by atoms with van der Waals surface area (Å²) >= 11 is 0.886. The lowest BCUT2D eigenvalue weighted by atomic mass is 10.2. The van der Waals surface area contributed by atoms with Crippen LogP contribution in [0.15, 0.2) is 56.8 Å². The van der Waals surface area contributed by atoms with Crippen LogP contribution in [0.3, 0.4) is 0 Å². The second-order valence-corrected chi connectivity index (χ2v) is 10.2. The zero-order chi connectivity index (χ0) is 23.9. The number of sulfone groups is 1. The summed E-state index contributed by atoms with van der Waals surface area (Å²) in [6, 6.07) is 7.64. The number of anilines is 1. The standard InChI is InChI=1S/C20H15FN4O6S2/c1-24(9-13-10-31-19(22-13)11-3-5-12(21)6-4-11)20-23-18(26)15-7-14(33(2,29)30)8-16(25(27)28)17(15)32-20/h3-8,10H,9H2,1-2H3. The van der Waals surface area contributed by atoms with Gasteiger partial charge in [-0.25, -0.2) is 17.8 Å². The summed E-state index contributed by atoms with van der Waals surface area (Å²) in [5, 5.41) is 11.6. The molecule has 0 N–H and O–H groups in total. The molecule has 2 aromatic heterocycles. The third kappa shape index (κ3) is 4.59. The second-order valence-electron chi connectivity index (χ2n) is 7.16. The van der Waals surface area contributed by atoms with Gasteiger partial charge in [-0.2, -0.15) is 4.98 Å². The van der Waals surface area contributed by atoms with Crippen molar-refractivity contribution in [2.45, 2.75) is 11.4 Å². The van der Waals surface area contributed by atoms with Gasteiger partial charge in [0.1, 0.15) is 16.8 Å². The summed E-state index contributed by atoms with van der Waals surface area (Å²) in [5.41, 5.74) is -0.213. The van der Waals surface area contributed by atoms with Crippen molar-refractivity contribution >= 4 is 42.1 Å². The van der Waals surface area contributed by atoms with Gasteiger partial charge in [0, 0.05) is 24.9 Å². The second kappa shape index (κ2) is 8.33. The van der Waals surface area contributed by atoms with Crippen LogP contribution in [0.1, 0.15) is 5.69 Å². The summed E-state index contributed by atoms with van der Waals surface area (Å²) < 4.78 is 42.3. The molecule has 4 aromatic rings. The third-order valence-corrected chi connectivity index (χ3v) is 6.97. The van der Waals surface area contributed by atoms with E-state index in [2.05, 4.69) is 9.97 Å². The van der Waals surface area contributed by atoms with E-state index in [-0.39, 0.29) is 38.4 Å². The number of rotatable bonds is 6. The van der Waals surface area contributed by atoms with Gasteiger partial charge in [0.05, 0.1) is 27.4 Å². The Bertz CT molecular complexity index is 1550. The minimum absolute atomic E-state index is 0.0152. The zero-order valence-electron chi connectivity index (χ0n) is 17.2. The number of aromatic nitrogens is 2. The summed E-state index contributed by atoms with van der Waals surface area (Å²) in [7, 11) is -2.16. The van der Waals surface area contributed by atoms with Crippen LogP contribution in [0, 0.1) is 15.9 Å². The van der Waals surface area contributed by atoms with Gasteiger partial charge >= 0.3 is 0 Å². The normalized spacial score (nSPS) is 11.6. The summed E-state index contributed by atoms with van der Waals surface area (Å²) in [6.07, 6.45) is 2.30. The maximum atomic E-state index is 13.1. The molecular weight excluding hydrogens is 475 g/mol. The van der Waals surface area contributed by atoms with Gasteiger partial charge in [0.2, 0.25) is 5.89 Å². The number of hydrogen-bond acceptors (Lipinski definition) is 10. The fourth-order valence-corrected chi connectivity index (χ4v) is 4.73. The molecule has 0 amide bonds. The molecule has 0 aliphatic rings. The minimum Gasteiger partial charge on any atom is -0.444 e. The van der Waals surface area contributed by atoms with Gasteiger partial charge in [-0.3, -0.25) is 14.9 Å². The summed E-state index contributed by atoms with van der Waals surface area (Å²) in [5.74, 6) is -0.109. The van der Waals surface area contributed by atoms with E-state index < -0.39 is 26.0 Å². The number of fused-ring (bicyclic) bond motifs is 1. The summed E-state index contributed by atoms with van der Waals surface area (Å²) in [6.45, 7) is 0.161. The molecule has 4 rings (SSSR count). The fourth-order valence-electron chi connectivity index (χ4n) is 3.04. The largest absolute Gasteiger partial charge is 0.444 e. The highest BCUT2D eigenvalue weighted by Gasteiger charge is 2.23. The zero-order valence-corrected chi connectivity index (χ0v) is 18.8. The third-order valence-electron chi connectivity index (χ3n) is 4.66. The number of oxazole rings is 1. The Morgan fingerprint density at radius 2 is 1.91 bits per heavy atom. The van der Waals surface area contributed by atoms with Crippen molar-refractivity contribution in [1.82, 2.24) is 9.97 Å². The average molecular weight is 490 g/mol. The van der Waals surface area contributed by atoms with Crippen molar-refractivity contribution < 1.29 is 22.1 Å². The van der Waals surface area contributed by atoms with Crippen LogP contribution in [0.2, 0.25) is 0 Å². The molecule has 33 heavy (non-hydrogen) atoms. The van der Waals surface area contributed by atoms with E-state index in [1.165, 1.54) is 30.5 Å². The molecule has 0 unspecified atom stereocenters. The van der Waals surface area contributed by atoms with Gasteiger partial charge in [-0.1, -0.05) is 11.3 Å². The molecule has 2 heterocycles. The molecule has 0 saturated heterocycles. The Balaban J connectivity index is 1.70. The first-order chi connectivity index (χ1) is 15.5. The van der Waals surface area contributed by atoms with E-state index in [1.54, 1.807) is 11.9 Å². The molecular formula is C20H15FN4O6S2. The number of non-ortho nitro benzene ring substituents is 1. The van der Waals surface area contributed by atoms with E-state index in [9.17, 15) is 27.7 Å². The molecule has 0 saturated carbocycles. The smallest absolute Gasteiger partial charge is 0.288 e. The van der Waals surface area contributed by atoms with E-state index in [0.717, 1.165) is 29.7 Å². The molecule has 0 aliphatic heterocycles. The van der Waals surface area contributed by atoms with Crippen molar-refractivity contribution in [2.24, 2.45) is 0 Å². The highest BCUT2D eigenvalue weighted by Crippen LogP contribution is 2.34. The Kier molecular flexibility index (Phi) is 5.68. The van der Waals surface area contributed by atoms with E-state index >= 15 is 0 Å². The molecule has 0 atom stereocenters. The molecule has 2 aromatic carbocycles. The average Bonchev–Trinajstić information content (AvgIpc) is 3.21. The molecule has 0 bridgehead atoms. The minimum atomic E-state index is -3.77. The number of nitro groups is 1. The molecule has 0 spiro atoms. The van der Waals surface area contributed by atoms with Gasteiger partial charge in [0.25, 0.3) is 11.2 Å². The molecule has 0 radical (unpaired) electrons. The molecule has 0 fully saturated rings. The van der Waals surface area contributed by atoms with E-state index in [1.807, 2.05) is 0 Å². The first kappa shape index (κ1) is 22.5. The number of benzene rings is 2. The van der Waals surface area contributed by atoms with Crippen LogP contribution in [0.25, 0.3) is 21.5 Å². The van der Waals surface area contributed by atoms with Crippen molar-refractivity contribution in [1.29, 1.82) is 0 Å². The number of nitro benzene ring substituents is 1. The van der Waals surface area contributed by atoms with E-state index in [4.69, 9.17) is 4.42 Å². The lowest BCUT2D eigenvalue weighted by Crippen LogP contribution is -2.20. The van der Waals surface area contributed by atoms with Crippen LogP contribution < -0.4 is 10.5 Å². The maximum Gasteiger partial charge on any atom is 0.288 e. The predicted octanol–water partition coefficient (Wildman–Crippen LogP) is 3.40. The monoisotopic (exact) mass is 490 g/mol. The van der Waals surface area contributed by atoms with Crippen LogP contribution in [0.5, 0.6) is 0 Å². The molecule has 13 heteroatoms. The maximum absolute atomic E-state index is 13.1. The highest BCUT2D eigenvalue weighted by molar-refractivity contribution is 7.90. The number of hydrogen-bond donors (Lipinski definition) is 0. The topological polar surface area (TPSA) is 137 Å². The van der Waals surface area contributed by atoms with Crippen LogP contribution >= 0.6 is 11.3 Å². The Morgan fingerprint density at radius 1 is 1.21 bits per heavy atom. The molecule has 10 nitrogen and oxygen atoms in total. The van der Waals surface area contributed by atoms with Gasteiger partial charge in [-0.05, 0) is 30.3 Å². The van der Waals surface area contributed by atoms with Crippen molar-refractivity contribution in [2.75, 3.05) is 18.2 Å². The summed E-state index contributed by atoms with van der Waals surface area (Å²) in [4.78, 5) is 33.0. The fraction of sp³-hybridized carbons (Fsp3) is 0.150. The van der Waals surface area contributed by atoms with Crippen molar-refractivity contribution in [3.63, 3.8) is 0 Å². The van der Waals surface area contributed by atoms with Crippen LogP contribution in [-0.4, -0.2) is 36.6 Å². The number of halogens is 1. The lowest BCUT2D eigenvalue weighted by molar-refractivity contribution is -0.383. The number of nitrogens with zero attached hydrogens (tertiary/aromatic N) is 4. The SMILES string of the molecule is CN(Cc1coc(-c2ccc(F)cc2)n1)c1nc(=O)c2cc(S(C)(=O)=O)cc([N+](=O)[O-])c2s1. The van der Waals surface area contributed by atoms with Crippen LogP contribution in [0.4, 0.5) is 15.2 Å². The Hall–Kier alpha value is -3.71. The Labute approximate surface area is 190 Å². The van der Waals surface area contributed by atoms with Crippen molar-refractivity contribution in [3.05, 3.63) is 74.6 Å². The van der Waals surface area contributed by atoms with Crippen molar-refractivity contribution in [3.8, 4) is 11.5 Å². The first-order valence-corrected chi connectivity index (χ1v) is 12.0. The first-order valence-electron chi connectivity index (χ1n) is 9.28. The van der Waals surface area contributed by atoms with E-state index in [0.29, 0.717) is 11.3 Å². The molecule has 0 aliphatic carbocycles. The highest BCUT2D eigenvalue weighted by atomic mass is 32.2. The Morgan fingerprint density at radius 3 is 2.55 bits per heavy atom. The van der Waals surface area contributed by atoms with Crippen LogP contribution in [-0.2, 0) is 16.4 Å². The van der Waals surface area contributed by atoms with Gasteiger partial charge in [-0.15, -0.1) is 0 Å².